The lowest BCUT2D eigenvalue weighted by Crippen LogP contribution is -2.11. The van der Waals surface area contributed by atoms with Crippen LogP contribution in [0.2, 0.25) is 0 Å². The highest BCUT2D eigenvalue weighted by molar-refractivity contribution is 5.59. The normalized spacial score (nSPS) is 13.0. The van der Waals surface area contributed by atoms with E-state index in [1.54, 1.807) is 19.1 Å². The molecular formula is C15H14F4N2. The van der Waals surface area contributed by atoms with Crippen LogP contribution in [0.25, 0.3) is 0 Å². The van der Waals surface area contributed by atoms with Crippen molar-refractivity contribution in [3.63, 3.8) is 0 Å². The summed E-state index contributed by atoms with van der Waals surface area (Å²) in [5, 5.41) is 2.94. The third kappa shape index (κ3) is 3.65. The van der Waals surface area contributed by atoms with Gasteiger partial charge in [0.05, 0.1) is 5.56 Å². The van der Waals surface area contributed by atoms with Gasteiger partial charge in [0.15, 0.2) is 0 Å². The number of halogens is 4. The fourth-order valence-electron chi connectivity index (χ4n) is 1.98. The summed E-state index contributed by atoms with van der Waals surface area (Å²) in [6, 6.07) is 9.15. The number of alkyl halides is 3. The lowest BCUT2D eigenvalue weighted by molar-refractivity contribution is -0.136. The minimum atomic E-state index is -4.50. The molecule has 0 aliphatic heterocycles. The lowest BCUT2D eigenvalue weighted by Gasteiger charge is -2.18. The van der Waals surface area contributed by atoms with Crippen LogP contribution < -0.4 is 11.1 Å². The molecule has 0 aromatic heterocycles. The van der Waals surface area contributed by atoms with Crippen molar-refractivity contribution in [3.05, 3.63) is 59.4 Å². The number of nitrogens with one attached hydrogen (secondary N) is 1. The van der Waals surface area contributed by atoms with Gasteiger partial charge in [-0.1, -0.05) is 12.1 Å². The summed E-state index contributed by atoms with van der Waals surface area (Å²) < 4.78 is 51.2. The van der Waals surface area contributed by atoms with Crippen molar-refractivity contribution in [1.29, 1.82) is 0 Å². The topological polar surface area (TPSA) is 38.0 Å². The highest BCUT2D eigenvalue weighted by atomic mass is 19.4. The molecule has 2 aromatic rings. The van der Waals surface area contributed by atoms with Crippen molar-refractivity contribution in [2.24, 2.45) is 0 Å². The van der Waals surface area contributed by atoms with E-state index in [1.165, 1.54) is 24.3 Å². The van der Waals surface area contributed by atoms with Crippen LogP contribution in [0.5, 0.6) is 0 Å². The Kier molecular flexibility index (Phi) is 4.06. The largest absolute Gasteiger partial charge is 0.418 e. The minimum Gasteiger partial charge on any atom is -0.398 e. The summed E-state index contributed by atoms with van der Waals surface area (Å²) >= 11 is 0. The van der Waals surface area contributed by atoms with E-state index in [4.69, 9.17) is 5.73 Å². The standard InChI is InChI=1S/C15H14F4N2/c1-9(10-2-4-11(16)5-3-10)21-12-6-7-14(20)13(8-12)15(17,18)19/h2-9,21H,20H2,1H3. The van der Waals surface area contributed by atoms with Crippen LogP contribution in [0.15, 0.2) is 42.5 Å². The number of rotatable bonds is 3. The second kappa shape index (κ2) is 5.63. The highest BCUT2D eigenvalue weighted by Crippen LogP contribution is 2.35. The molecule has 112 valence electrons. The van der Waals surface area contributed by atoms with Crippen molar-refractivity contribution in [1.82, 2.24) is 0 Å². The molecule has 0 spiro atoms. The van der Waals surface area contributed by atoms with Crippen molar-refractivity contribution in [3.8, 4) is 0 Å². The van der Waals surface area contributed by atoms with Gasteiger partial charge in [-0.15, -0.1) is 0 Å². The number of nitrogen functional groups attached to an aromatic ring is 1. The summed E-state index contributed by atoms with van der Waals surface area (Å²) in [5.74, 6) is -0.363. The maximum absolute atomic E-state index is 12.8. The lowest BCUT2D eigenvalue weighted by atomic mass is 10.1. The Labute approximate surface area is 119 Å². The first-order chi connectivity index (χ1) is 9.77. The molecule has 0 fully saturated rings. The molecular weight excluding hydrogens is 284 g/mol. The molecule has 0 bridgehead atoms. The molecule has 21 heavy (non-hydrogen) atoms. The third-order valence-electron chi connectivity index (χ3n) is 3.11. The Bertz CT molecular complexity index is 621. The molecule has 3 N–H and O–H groups in total. The molecule has 1 atom stereocenters. The van der Waals surface area contributed by atoms with Gasteiger partial charge in [-0.05, 0) is 42.8 Å². The fourth-order valence-corrected chi connectivity index (χ4v) is 1.98. The van der Waals surface area contributed by atoms with E-state index < -0.39 is 11.7 Å². The number of hydrogen-bond donors (Lipinski definition) is 2. The van der Waals surface area contributed by atoms with Crippen LogP contribution in [0.4, 0.5) is 28.9 Å². The van der Waals surface area contributed by atoms with Crippen LogP contribution in [0.3, 0.4) is 0 Å². The van der Waals surface area contributed by atoms with Gasteiger partial charge in [0.25, 0.3) is 0 Å². The molecule has 6 heteroatoms. The molecule has 0 aliphatic rings. The van der Waals surface area contributed by atoms with E-state index in [2.05, 4.69) is 5.32 Å². The maximum Gasteiger partial charge on any atom is 0.418 e. The average molecular weight is 298 g/mol. The first-order valence-corrected chi connectivity index (χ1v) is 6.26. The average Bonchev–Trinajstić information content (AvgIpc) is 2.40. The van der Waals surface area contributed by atoms with E-state index in [0.29, 0.717) is 5.69 Å². The van der Waals surface area contributed by atoms with Gasteiger partial charge in [-0.3, -0.25) is 0 Å². The van der Waals surface area contributed by atoms with Gasteiger partial charge in [0.1, 0.15) is 5.82 Å². The maximum atomic E-state index is 12.8. The number of benzene rings is 2. The molecule has 2 aromatic carbocycles. The summed E-state index contributed by atoms with van der Waals surface area (Å²) in [4.78, 5) is 0. The zero-order chi connectivity index (χ0) is 15.6. The molecule has 2 rings (SSSR count). The van der Waals surface area contributed by atoms with Gasteiger partial charge < -0.3 is 11.1 Å². The second-order valence-corrected chi connectivity index (χ2v) is 4.72. The van der Waals surface area contributed by atoms with Gasteiger partial charge in [-0.2, -0.15) is 13.2 Å². The van der Waals surface area contributed by atoms with Gasteiger partial charge >= 0.3 is 6.18 Å². The third-order valence-corrected chi connectivity index (χ3v) is 3.11. The zero-order valence-electron chi connectivity index (χ0n) is 11.2. The smallest absolute Gasteiger partial charge is 0.398 e. The molecule has 2 nitrogen and oxygen atoms in total. The van der Waals surface area contributed by atoms with Crippen LogP contribution in [-0.2, 0) is 6.18 Å². The zero-order valence-corrected chi connectivity index (χ0v) is 11.2. The van der Waals surface area contributed by atoms with Crippen molar-refractivity contribution >= 4 is 11.4 Å². The number of anilines is 2. The summed E-state index contributed by atoms with van der Waals surface area (Å²) in [5.41, 5.74) is 5.22. The molecule has 0 saturated carbocycles. The SMILES string of the molecule is CC(Nc1ccc(N)c(C(F)(F)F)c1)c1ccc(F)cc1. The summed E-state index contributed by atoms with van der Waals surface area (Å²) in [6.07, 6.45) is -4.50. The van der Waals surface area contributed by atoms with Crippen molar-refractivity contribution < 1.29 is 17.6 Å². The van der Waals surface area contributed by atoms with Crippen LogP contribution >= 0.6 is 0 Å². The van der Waals surface area contributed by atoms with Gasteiger partial charge in [0.2, 0.25) is 0 Å². The van der Waals surface area contributed by atoms with Crippen LogP contribution in [-0.4, -0.2) is 0 Å². The quantitative estimate of drug-likeness (QED) is 0.642. The van der Waals surface area contributed by atoms with E-state index in [0.717, 1.165) is 11.6 Å². The number of hydrogen-bond acceptors (Lipinski definition) is 2. The Morgan fingerprint density at radius 3 is 2.24 bits per heavy atom. The summed E-state index contributed by atoms with van der Waals surface area (Å²) in [7, 11) is 0. The predicted molar refractivity (Wildman–Crippen MR) is 74.3 cm³/mol. The Morgan fingerprint density at radius 2 is 1.67 bits per heavy atom. The van der Waals surface area contributed by atoms with Gasteiger partial charge in [0, 0.05) is 17.4 Å². The minimum absolute atomic E-state index is 0.268. The van der Waals surface area contributed by atoms with E-state index in [9.17, 15) is 17.6 Å². The monoisotopic (exact) mass is 298 g/mol. The van der Waals surface area contributed by atoms with E-state index in [1.807, 2.05) is 0 Å². The predicted octanol–water partition coefficient (Wildman–Crippen LogP) is 4.60. The van der Waals surface area contributed by atoms with Crippen molar-refractivity contribution in [2.75, 3.05) is 11.1 Å². The molecule has 0 aliphatic carbocycles. The first kappa shape index (κ1) is 15.2. The van der Waals surface area contributed by atoms with E-state index >= 15 is 0 Å². The van der Waals surface area contributed by atoms with Crippen LogP contribution in [0, 0.1) is 5.82 Å². The Balaban J connectivity index is 2.21. The Hall–Kier alpha value is -2.24. The highest BCUT2D eigenvalue weighted by Gasteiger charge is 2.33. The fraction of sp³-hybridized carbons (Fsp3) is 0.200. The summed E-state index contributed by atoms with van der Waals surface area (Å²) in [6.45, 7) is 1.77. The second-order valence-electron chi connectivity index (χ2n) is 4.72. The van der Waals surface area contributed by atoms with E-state index in [-0.39, 0.29) is 17.5 Å². The molecule has 1 unspecified atom stereocenters. The molecule has 0 heterocycles. The molecule has 0 amide bonds. The Morgan fingerprint density at radius 1 is 1.05 bits per heavy atom. The van der Waals surface area contributed by atoms with Crippen LogP contribution in [0.1, 0.15) is 24.1 Å². The molecule has 0 radical (unpaired) electrons. The first-order valence-electron chi connectivity index (χ1n) is 6.26. The molecule has 0 saturated heterocycles. The van der Waals surface area contributed by atoms with Crippen molar-refractivity contribution in [2.45, 2.75) is 19.1 Å². The van der Waals surface area contributed by atoms with Gasteiger partial charge in [-0.25, -0.2) is 4.39 Å². The number of nitrogens with two attached hydrogens (primary N) is 1.